The van der Waals surface area contributed by atoms with Crippen LogP contribution >= 0.6 is 0 Å². The summed E-state index contributed by atoms with van der Waals surface area (Å²) in [6.45, 7) is 3.28. The summed E-state index contributed by atoms with van der Waals surface area (Å²) >= 11 is 0. The van der Waals surface area contributed by atoms with E-state index in [0.717, 1.165) is 13.1 Å². The number of rotatable bonds is 4. The van der Waals surface area contributed by atoms with Gasteiger partial charge in [0.05, 0.1) is 0 Å². The Labute approximate surface area is 104 Å². The monoisotopic (exact) mass is 233 g/mol. The number of hydrogen-bond donors (Lipinski definition) is 1. The molecule has 1 aliphatic rings. The summed E-state index contributed by atoms with van der Waals surface area (Å²) in [6.07, 6.45) is 1.26. The van der Waals surface area contributed by atoms with Gasteiger partial charge in [-0.05, 0) is 32.6 Å². The number of nitrogens with two attached hydrogens (primary N) is 1. The summed E-state index contributed by atoms with van der Waals surface area (Å²) in [7, 11) is 4.32. The highest BCUT2D eigenvalue weighted by atomic mass is 15.2. The maximum Gasteiger partial charge on any atom is 0.0424 e. The highest BCUT2D eigenvalue weighted by Gasteiger charge is 2.25. The van der Waals surface area contributed by atoms with Crippen LogP contribution in [-0.4, -0.2) is 49.6 Å². The predicted molar refractivity (Wildman–Crippen MR) is 71.9 cm³/mol. The molecule has 0 bridgehead atoms. The van der Waals surface area contributed by atoms with Gasteiger partial charge in [0.2, 0.25) is 0 Å². The molecule has 1 fully saturated rings. The normalized spacial score (nSPS) is 23.2. The zero-order valence-corrected chi connectivity index (χ0v) is 10.8. The van der Waals surface area contributed by atoms with E-state index in [1.165, 1.54) is 18.5 Å². The largest absolute Gasteiger partial charge is 0.323 e. The van der Waals surface area contributed by atoms with Crippen LogP contribution in [-0.2, 0) is 0 Å². The van der Waals surface area contributed by atoms with Crippen molar-refractivity contribution in [3.8, 4) is 0 Å². The summed E-state index contributed by atoms with van der Waals surface area (Å²) in [5.41, 5.74) is 7.48. The van der Waals surface area contributed by atoms with Crippen LogP contribution in [0.25, 0.3) is 0 Å². The molecule has 1 heterocycles. The molecule has 0 saturated carbocycles. The minimum absolute atomic E-state index is 0.136. The van der Waals surface area contributed by atoms with Crippen LogP contribution in [0.15, 0.2) is 30.3 Å². The second kappa shape index (κ2) is 5.63. The van der Waals surface area contributed by atoms with E-state index in [1.54, 1.807) is 0 Å². The standard InChI is InChI=1S/C14H23N3/c1-16(2)13-8-9-17(10-13)11-14(15)12-6-4-3-5-7-12/h3-7,13-14H,8-11,15H2,1-2H3/t13-,14+/m0/s1. The maximum atomic E-state index is 6.24. The lowest BCUT2D eigenvalue weighted by Crippen LogP contribution is -2.34. The lowest BCUT2D eigenvalue weighted by molar-refractivity contribution is 0.260. The molecule has 2 rings (SSSR count). The number of likely N-dealkylation sites (N-methyl/N-ethyl adjacent to an activating group) is 1. The Morgan fingerprint density at radius 2 is 2.06 bits per heavy atom. The lowest BCUT2D eigenvalue weighted by atomic mass is 10.1. The first-order valence-electron chi connectivity index (χ1n) is 6.36. The third-order valence-corrected chi connectivity index (χ3v) is 3.66. The molecule has 1 saturated heterocycles. The highest BCUT2D eigenvalue weighted by Crippen LogP contribution is 2.17. The first-order valence-corrected chi connectivity index (χ1v) is 6.36. The van der Waals surface area contributed by atoms with Crippen LogP contribution < -0.4 is 5.73 Å². The molecule has 1 aromatic rings. The van der Waals surface area contributed by atoms with Gasteiger partial charge in [0.25, 0.3) is 0 Å². The molecule has 3 heteroatoms. The highest BCUT2D eigenvalue weighted by molar-refractivity contribution is 5.18. The Balaban J connectivity index is 1.86. The summed E-state index contributed by atoms with van der Waals surface area (Å²) in [4.78, 5) is 4.79. The number of benzene rings is 1. The molecule has 2 atom stereocenters. The minimum atomic E-state index is 0.136. The fourth-order valence-corrected chi connectivity index (χ4v) is 2.48. The first-order chi connectivity index (χ1) is 8.16. The minimum Gasteiger partial charge on any atom is -0.323 e. The molecule has 0 aromatic heterocycles. The van der Waals surface area contributed by atoms with Gasteiger partial charge in [-0.3, -0.25) is 4.90 Å². The van der Waals surface area contributed by atoms with E-state index in [1.807, 2.05) is 6.07 Å². The molecular weight excluding hydrogens is 210 g/mol. The average molecular weight is 233 g/mol. The fourth-order valence-electron chi connectivity index (χ4n) is 2.48. The number of likely N-dealkylation sites (tertiary alicyclic amines) is 1. The Morgan fingerprint density at radius 1 is 1.35 bits per heavy atom. The quantitative estimate of drug-likeness (QED) is 0.851. The molecule has 17 heavy (non-hydrogen) atoms. The number of nitrogens with zero attached hydrogens (tertiary/aromatic N) is 2. The van der Waals surface area contributed by atoms with E-state index in [0.29, 0.717) is 6.04 Å². The van der Waals surface area contributed by atoms with Crippen LogP contribution in [0.4, 0.5) is 0 Å². The molecule has 0 aliphatic carbocycles. The van der Waals surface area contributed by atoms with Crippen LogP contribution in [0.1, 0.15) is 18.0 Å². The lowest BCUT2D eigenvalue weighted by Gasteiger charge is -2.23. The first kappa shape index (κ1) is 12.6. The van der Waals surface area contributed by atoms with Crippen molar-refractivity contribution in [1.29, 1.82) is 0 Å². The van der Waals surface area contributed by atoms with Crippen molar-refractivity contribution in [3.05, 3.63) is 35.9 Å². The molecule has 2 N–H and O–H groups in total. The van der Waals surface area contributed by atoms with Crippen molar-refractivity contribution in [2.75, 3.05) is 33.7 Å². The third kappa shape index (κ3) is 3.28. The van der Waals surface area contributed by atoms with Crippen molar-refractivity contribution >= 4 is 0 Å². The van der Waals surface area contributed by atoms with Gasteiger partial charge in [-0.2, -0.15) is 0 Å². The van der Waals surface area contributed by atoms with E-state index >= 15 is 0 Å². The van der Waals surface area contributed by atoms with E-state index in [2.05, 4.69) is 48.2 Å². The van der Waals surface area contributed by atoms with Gasteiger partial charge in [-0.1, -0.05) is 30.3 Å². The molecule has 3 nitrogen and oxygen atoms in total. The average Bonchev–Trinajstić information content (AvgIpc) is 2.79. The molecule has 0 unspecified atom stereocenters. The summed E-state index contributed by atoms with van der Waals surface area (Å²) in [5, 5.41) is 0. The second-order valence-electron chi connectivity index (χ2n) is 5.18. The molecular formula is C14H23N3. The third-order valence-electron chi connectivity index (χ3n) is 3.66. The van der Waals surface area contributed by atoms with E-state index < -0.39 is 0 Å². The van der Waals surface area contributed by atoms with Gasteiger partial charge >= 0.3 is 0 Å². The summed E-state index contributed by atoms with van der Waals surface area (Å²) in [5.74, 6) is 0. The molecule has 1 aliphatic heterocycles. The molecule has 0 radical (unpaired) electrons. The Hall–Kier alpha value is -0.900. The van der Waals surface area contributed by atoms with Crippen LogP contribution in [0.3, 0.4) is 0 Å². The van der Waals surface area contributed by atoms with Gasteiger partial charge in [-0.25, -0.2) is 0 Å². The van der Waals surface area contributed by atoms with E-state index in [-0.39, 0.29) is 6.04 Å². The van der Waals surface area contributed by atoms with Gasteiger partial charge in [-0.15, -0.1) is 0 Å². The number of hydrogen-bond acceptors (Lipinski definition) is 3. The van der Waals surface area contributed by atoms with Crippen LogP contribution in [0.2, 0.25) is 0 Å². The molecule has 94 valence electrons. The van der Waals surface area contributed by atoms with Gasteiger partial charge in [0, 0.05) is 25.2 Å². The fraction of sp³-hybridized carbons (Fsp3) is 0.571. The van der Waals surface area contributed by atoms with Crippen molar-refractivity contribution in [3.63, 3.8) is 0 Å². The van der Waals surface area contributed by atoms with Gasteiger partial charge < -0.3 is 10.6 Å². The van der Waals surface area contributed by atoms with Gasteiger partial charge in [0.15, 0.2) is 0 Å². The van der Waals surface area contributed by atoms with Crippen molar-refractivity contribution in [1.82, 2.24) is 9.80 Å². The second-order valence-corrected chi connectivity index (χ2v) is 5.18. The molecule has 0 amide bonds. The topological polar surface area (TPSA) is 32.5 Å². The molecule has 0 spiro atoms. The smallest absolute Gasteiger partial charge is 0.0424 e. The van der Waals surface area contributed by atoms with Crippen LogP contribution in [0, 0.1) is 0 Å². The van der Waals surface area contributed by atoms with E-state index in [9.17, 15) is 0 Å². The maximum absolute atomic E-state index is 6.24. The van der Waals surface area contributed by atoms with Crippen molar-refractivity contribution < 1.29 is 0 Å². The van der Waals surface area contributed by atoms with E-state index in [4.69, 9.17) is 5.73 Å². The Morgan fingerprint density at radius 3 is 2.65 bits per heavy atom. The summed E-state index contributed by atoms with van der Waals surface area (Å²) in [6, 6.07) is 11.2. The van der Waals surface area contributed by atoms with Crippen molar-refractivity contribution in [2.24, 2.45) is 5.73 Å². The van der Waals surface area contributed by atoms with Crippen molar-refractivity contribution in [2.45, 2.75) is 18.5 Å². The predicted octanol–water partition coefficient (Wildman–Crippen LogP) is 1.32. The SMILES string of the molecule is CN(C)[C@H]1CCN(C[C@@H](N)c2ccccc2)C1. The zero-order chi connectivity index (χ0) is 12.3. The Kier molecular flexibility index (Phi) is 4.15. The van der Waals surface area contributed by atoms with Crippen LogP contribution in [0.5, 0.6) is 0 Å². The Bertz CT molecular complexity index is 337. The van der Waals surface area contributed by atoms with Gasteiger partial charge in [0.1, 0.15) is 0 Å². The zero-order valence-electron chi connectivity index (χ0n) is 10.8. The molecule has 1 aromatic carbocycles. The summed E-state index contributed by atoms with van der Waals surface area (Å²) < 4.78 is 0.